The first-order chi connectivity index (χ1) is 8.10. The molecule has 0 saturated heterocycles. The SMILES string of the molecule is CCc1cc(CCl)cc(N(CC)CC(C)C)n1. The Balaban J connectivity index is 3.00. The van der Waals surface area contributed by atoms with Crippen LogP contribution in [0.25, 0.3) is 0 Å². The summed E-state index contributed by atoms with van der Waals surface area (Å²) in [5.74, 6) is 2.26. The highest BCUT2D eigenvalue weighted by atomic mass is 35.5. The van der Waals surface area contributed by atoms with E-state index in [4.69, 9.17) is 16.6 Å². The topological polar surface area (TPSA) is 16.1 Å². The molecule has 0 amide bonds. The molecular formula is C14H23ClN2. The largest absolute Gasteiger partial charge is 0.357 e. The first-order valence-electron chi connectivity index (χ1n) is 6.41. The zero-order valence-corrected chi connectivity index (χ0v) is 12.1. The number of nitrogens with zero attached hydrogens (tertiary/aromatic N) is 2. The number of pyridine rings is 1. The molecule has 0 N–H and O–H groups in total. The van der Waals surface area contributed by atoms with Crippen molar-refractivity contribution in [2.24, 2.45) is 5.92 Å². The van der Waals surface area contributed by atoms with Gasteiger partial charge >= 0.3 is 0 Å². The van der Waals surface area contributed by atoms with Crippen LogP contribution in [0.5, 0.6) is 0 Å². The lowest BCUT2D eigenvalue weighted by molar-refractivity contribution is 0.613. The van der Waals surface area contributed by atoms with Crippen LogP contribution >= 0.6 is 11.6 Å². The molecule has 0 aliphatic rings. The average Bonchev–Trinajstić information content (AvgIpc) is 2.34. The average molecular weight is 255 g/mol. The van der Waals surface area contributed by atoms with Crippen molar-refractivity contribution in [1.29, 1.82) is 0 Å². The predicted octanol–water partition coefficient (Wildman–Crippen LogP) is 3.87. The monoisotopic (exact) mass is 254 g/mol. The third-order valence-corrected chi connectivity index (χ3v) is 3.04. The first kappa shape index (κ1) is 14.3. The summed E-state index contributed by atoms with van der Waals surface area (Å²) in [5, 5.41) is 0. The zero-order chi connectivity index (χ0) is 12.8. The molecule has 96 valence electrons. The fraction of sp³-hybridized carbons (Fsp3) is 0.643. The molecule has 17 heavy (non-hydrogen) atoms. The maximum atomic E-state index is 5.94. The molecule has 0 bridgehead atoms. The molecule has 0 aliphatic carbocycles. The normalized spacial score (nSPS) is 10.9. The van der Waals surface area contributed by atoms with Crippen LogP contribution in [0.3, 0.4) is 0 Å². The van der Waals surface area contributed by atoms with Crippen LogP contribution in [-0.2, 0) is 12.3 Å². The number of alkyl halides is 1. The third kappa shape index (κ3) is 4.19. The number of rotatable bonds is 6. The van der Waals surface area contributed by atoms with Crippen molar-refractivity contribution in [2.45, 2.75) is 40.0 Å². The Morgan fingerprint density at radius 3 is 2.47 bits per heavy atom. The second-order valence-corrected chi connectivity index (χ2v) is 5.01. The molecule has 0 radical (unpaired) electrons. The van der Waals surface area contributed by atoms with Crippen LogP contribution in [0.4, 0.5) is 5.82 Å². The van der Waals surface area contributed by atoms with Crippen LogP contribution < -0.4 is 4.90 Å². The van der Waals surface area contributed by atoms with E-state index in [1.165, 1.54) is 0 Å². The van der Waals surface area contributed by atoms with E-state index < -0.39 is 0 Å². The molecule has 0 spiro atoms. The lowest BCUT2D eigenvalue weighted by Crippen LogP contribution is -2.28. The van der Waals surface area contributed by atoms with Crippen molar-refractivity contribution in [3.8, 4) is 0 Å². The van der Waals surface area contributed by atoms with E-state index in [1.54, 1.807) is 0 Å². The maximum absolute atomic E-state index is 5.94. The van der Waals surface area contributed by atoms with Crippen molar-refractivity contribution >= 4 is 17.4 Å². The number of aryl methyl sites for hydroxylation is 1. The molecule has 1 rings (SSSR count). The van der Waals surface area contributed by atoms with E-state index in [-0.39, 0.29) is 0 Å². The van der Waals surface area contributed by atoms with Gasteiger partial charge in [-0.25, -0.2) is 4.98 Å². The van der Waals surface area contributed by atoms with E-state index in [0.717, 1.165) is 36.6 Å². The Labute approximate surface area is 110 Å². The van der Waals surface area contributed by atoms with E-state index in [0.29, 0.717) is 11.8 Å². The van der Waals surface area contributed by atoms with Gasteiger partial charge in [0.05, 0.1) is 0 Å². The van der Waals surface area contributed by atoms with Gasteiger partial charge in [-0.3, -0.25) is 0 Å². The number of hydrogen-bond donors (Lipinski definition) is 0. The van der Waals surface area contributed by atoms with Gasteiger partial charge in [0.25, 0.3) is 0 Å². The van der Waals surface area contributed by atoms with Gasteiger partial charge in [-0.15, -0.1) is 11.6 Å². The van der Waals surface area contributed by atoms with E-state index in [1.807, 2.05) is 0 Å². The summed E-state index contributed by atoms with van der Waals surface area (Å²) in [4.78, 5) is 7.01. The fourth-order valence-corrected chi connectivity index (χ4v) is 2.03. The standard InChI is InChI=1S/C14H23ClN2/c1-5-13-7-12(9-15)8-14(16-13)17(6-2)10-11(3)4/h7-8,11H,5-6,9-10H2,1-4H3. The number of anilines is 1. The Morgan fingerprint density at radius 2 is 2.00 bits per heavy atom. The first-order valence-corrected chi connectivity index (χ1v) is 6.94. The zero-order valence-electron chi connectivity index (χ0n) is 11.3. The van der Waals surface area contributed by atoms with E-state index in [2.05, 4.69) is 44.7 Å². The Bertz CT molecular complexity index is 328. The highest BCUT2D eigenvalue weighted by Crippen LogP contribution is 2.18. The lowest BCUT2D eigenvalue weighted by Gasteiger charge is -2.25. The molecule has 0 aromatic carbocycles. The van der Waals surface area contributed by atoms with Gasteiger partial charge in [-0.1, -0.05) is 20.8 Å². The molecule has 3 heteroatoms. The fourth-order valence-electron chi connectivity index (χ4n) is 1.88. The van der Waals surface area contributed by atoms with Crippen molar-refractivity contribution < 1.29 is 0 Å². The molecule has 0 atom stereocenters. The maximum Gasteiger partial charge on any atom is 0.129 e. The summed E-state index contributed by atoms with van der Waals surface area (Å²) in [6.07, 6.45) is 0.955. The minimum absolute atomic E-state index is 0.557. The molecule has 0 fully saturated rings. The predicted molar refractivity (Wildman–Crippen MR) is 75.9 cm³/mol. The van der Waals surface area contributed by atoms with Gasteiger partial charge in [0.1, 0.15) is 5.82 Å². The van der Waals surface area contributed by atoms with Crippen LogP contribution in [0.2, 0.25) is 0 Å². The lowest BCUT2D eigenvalue weighted by atomic mass is 10.1. The van der Waals surface area contributed by atoms with Crippen molar-refractivity contribution in [3.63, 3.8) is 0 Å². The molecule has 1 aromatic rings. The van der Waals surface area contributed by atoms with Crippen molar-refractivity contribution in [2.75, 3.05) is 18.0 Å². The number of hydrogen-bond acceptors (Lipinski definition) is 2. The highest BCUT2D eigenvalue weighted by molar-refractivity contribution is 6.17. The second kappa shape index (κ2) is 6.85. The molecule has 1 aromatic heterocycles. The molecule has 0 saturated carbocycles. The van der Waals surface area contributed by atoms with E-state index in [9.17, 15) is 0 Å². The summed E-state index contributed by atoms with van der Waals surface area (Å²) < 4.78 is 0. The Hall–Kier alpha value is -0.760. The van der Waals surface area contributed by atoms with Gasteiger partial charge < -0.3 is 4.90 Å². The van der Waals surface area contributed by atoms with E-state index >= 15 is 0 Å². The minimum Gasteiger partial charge on any atom is -0.357 e. The number of aromatic nitrogens is 1. The summed E-state index contributed by atoms with van der Waals surface area (Å²) in [6, 6.07) is 4.21. The second-order valence-electron chi connectivity index (χ2n) is 4.74. The van der Waals surface area contributed by atoms with Crippen molar-refractivity contribution in [1.82, 2.24) is 4.98 Å². The summed E-state index contributed by atoms with van der Waals surface area (Å²) in [7, 11) is 0. The van der Waals surface area contributed by atoms with Gasteiger partial charge in [0, 0.05) is 24.7 Å². The molecule has 2 nitrogen and oxygen atoms in total. The van der Waals surface area contributed by atoms with Gasteiger partial charge in [-0.05, 0) is 37.0 Å². The summed E-state index contributed by atoms with van der Waals surface area (Å²) in [6.45, 7) is 10.8. The highest BCUT2D eigenvalue weighted by Gasteiger charge is 2.10. The van der Waals surface area contributed by atoms with Crippen molar-refractivity contribution in [3.05, 3.63) is 23.4 Å². The van der Waals surface area contributed by atoms with Gasteiger partial charge in [0.2, 0.25) is 0 Å². The summed E-state index contributed by atoms with van der Waals surface area (Å²) in [5.41, 5.74) is 2.29. The molecule has 0 unspecified atom stereocenters. The van der Waals surface area contributed by atoms with Gasteiger partial charge in [-0.2, -0.15) is 0 Å². The summed E-state index contributed by atoms with van der Waals surface area (Å²) >= 11 is 5.94. The van der Waals surface area contributed by atoms with Crippen LogP contribution in [-0.4, -0.2) is 18.1 Å². The smallest absolute Gasteiger partial charge is 0.129 e. The molecule has 1 heterocycles. The Kier molecular flexibility index (Phi) is 5.76. The molecule has 0 aliphatic heterocycles. The number of halogens is 1. The van der Waals surface area contributed by atoms with Crippen LogP contribution in [0, 0.1) is 5.92 Å². The minimum atomic E-state index is 0.557. The Morgan fingerprint density at radius 1 is 1.29 bits per heavy atom. The van der Waals surface area contributed by atoms with Crippen LogP contribution in [0.1, 0.15) is 39.0 Å². The third-order valence-electron chi connectivity index (χ3n) is 2.73. The van der Waals surface area contributed by atoms with Crippen LogP contribution in [0.15, 0.2) is 12.1 Å². The quantitative estimate of drug-likeness (QED) is 0.717. The van der Waals surface area contributed by atoms with Gasteiger partial charge in [0.15, 0.2) is 0 Å². The molecular weight excluding hydrogens is 232 g/mol.